The molecule has 0 heterocycles. The molecule has 6 heteroatoms. The van der Waals surface area contributed by atoms with Crippen molar-refractivity contribution in [2.45, 2.75) is 51.2 Å². The van der Waals surface area contributed by atoms with Gasteiger partial charge >= 0.3 is 6.18 Å². The Morgan fingerprint density at radius 1 is 1.23 bits per heavy atom. The average Bonchev–Trinajstić information content (AvgIpc) is 2.39. The fraction of sp³-hybridized carbons (Fsp3) is 0.625. The molecule has 0 radical (unpaired) electrons. The fourth-order valence-corrected chi connectivity index (χ4v) is 2.35. The third-order valence-corrected chi connectivity index (χ3v) is 3.51. The Labute approximate surface area is 128 Å². The highest BCUT2D eigenvalue weighted by molar-refractivity contribution is 5.35. The summed E-state index contributed by atoms with van der Waals surface area (Å²) in [7, 11) is 1.55. The van der Waals surface area contributed by atoms with Gasteiger partial charge in [-0.15, -0.1) is 0 Å². The van der Waals surface area contributed by atoms with Crippen LogP contribution in [0.1, 0.15) is 49.3 Å². The molecule has 0 saturated carbocycles. The second-order valence-corrected chi connectivity index (χ2v) is 5.81. The van der Waals surface area contributed by atoms with Crippen LogP contribution in [0.25, 0.3) is 0 Å². The Balaban J connectivity index is 2.93. The van der Waals surface area contributed by atoms with Crippen molar-refractivity contribution in [3.8, 4) is 0 Å². The lowest BCUT2D eigenvalue weighted by atomic mass is 9.94. The summed E-state index contributed by atoms with van der Waals surface area (Å²) in [5.74, 6) is -1.47. The van der Waals surface area contributed by atoms with E-state index in [-0.39, 0.29) is 17.5 Å². The lowest BCUT2D eigenvalue weighted by Gasteiger charge is -2.16. The zero-order valence-electron chi connectivity index (χ0n) is 13.1. The number of rotatable bonds is 7. The topological polar surface area (TPSA) is 35.2 Å². The molecule has 0 bridgehead atoms. The number of aryl methyl sites for hydroxylation is 1. The van der Waals surface area contributed by atoms with Crippen molar-refractivity contribution in [1.82, 2.24) is 0 Å². The standard InChI is InChI=1S/C16H23F4NO/c1-10(2)13-7-11(5-4-6-12(21)9-22-3)8-14(15(13)17)16(18,19)20/h7-8,10,12H,4-6,9,21H2,1-3H3/t12-/m1/s1. The number of methoxy groups -OCH3 is 1. The quantitative estimate of drug-likeness (QED) is 0.761. The van der Waals surface area contributed by atoms with Gasteiger partial charge in [0.15, 0.2) is 0 Å². The van der Waals surface area contributed by atoms with E-state index in [0.717, 1.165) is 6.07 Å². The van der Waals surface area contributed by atoms with Gasteiger partial charge in [-0.3, -0.25) is 0 Å². The summed E-state index contributed by atoms with van der Waals surface area (Å²) in [4.78, 5) is 0. The fourth-order valence-electron chi connectivity index (χ4n) is 2.35. The number of ether oxygens (including phenoxy) is 1. The summed E-state index contributed by atoms with van der Waals surface area (Å²) in [6, 6.07) is 2.29. The number of halogens is 4. The molecule has 1 aromatic carbocycles. The van der Waals surface area contributed by atoms with E-state index in [1.165, 1.54) is 6.07 Å². The molecule has 0 aromatic heterocycles. The van der Waals surface area contributed by atoms with Crippen LogP contribution in [0.5, 0.6) is 0 Å². The van der Waals surface area contributed by atoms with E-state index in [2.05, 4.69) is 0 Å². The molecule has 0 unspecified atom stereocenters. The van der Waals surface area contributed by atoms with Crippen molar-refractivity contribution < 1.29 is 22.3 Å². The molecule has 0 saturated heterocycles. The summed E-state index contributed by atoms with van der Waals surface area (Å²) >= 11 is 0. The summed E-state index contributed by atoms with van der Waals surface area (Å²) in [6.07, 6.45) is -2.98. The Bertz CT molecular complexity index is 486. The third-order valence-electron chi connectivity index (χ3n) is 3.51. The predicted molar refractivity (Wildman–Crippen MR) is 78.3 cm³/mol. The van der Waals surface area contributed by atoms with E-state index in [0.29, 0.717) is 31.4 Å². The van der Waals surface area contributed by atoms with Gasteiger partial charge < -0.3 is 10.5 Å². The molecular formula is C16H23F4NO. The number of alkyl halides is 3. The normalized spacial score (nSPS) is 13.7. The van der Waals surface area contributed by atoms with E-state index >= 15 is 0 Å². The summed E-state index contributed by atoms with van der Waals surface area (Å²) < 4.78 is 57.7. The molecule has 2 nitrogen and oxygen atoms in total. The van der Waals surface area contributed by atoms with Crippen LogP contribution in [0.4, 0.5) is 17.6 Å². The Hall–Kier alpha value is -1.14. The van der Waals surface area contributed by atoms with Gasteiger partial charge in [-0.2, -0.15) is 13.2 Å². The summed E-state index contributed by atoms with van der Waals surface area (Å²) in [5, 5.41) is 0. The van der Waals surface area contributed by atoms with Crippen LogP contribution in [0, 0.1) is 5.82 Å². The predicted octanol–water partition coefficient (Wildman–Crippen LogP) is 4.26. The highest BCUT2D eigenvalue weighted by Crippen LogP contribution is 2.35. The zero-order valence-corrected chi connectivity index (χ0v) is 13.1. The van der Waals surface area contributed by atoms with E-state index in [1.54, 1.807) is 21.0 Å². The molecule has 1 rings (SSSR count). The Morgan fingerprint density at radius 3 is 2.36 bits per heavy atom. The van der Waals surface area contributed by atoms with Crippen LogP contribution < -0.4 is 5.73 Å². The molecule has 2 N–H and O–H groups in total. The molecule has 0 spiro atoms. The van der Waals surface area contributed by atoms with E-state index in [1.807, 2.05) is 0 Å². The highest BCUT2D eigenvalue weighted by atomic mass is 19.4. The average molecular weight is 321 g/mol. The maximum Gasteiger partial charge on any atom is 0.419 e. The minimum atomic E-state index is -4.68. The molecule has 0 aliphatic rings. The first-order valence-corrected chi connectivity index (χ1v) is 7.30. The van der Waals surface area contributed by atoms with E-state index in [4.69, 9.17) is 10.5 Å². The maximum absolute atomic E-state index is 14.0. The van der Waals surface area contributed by atoms with Gasteiger partial charge in [0, 0.05) is 13.2 Å². The number of hydrogen-bond acceptors (Lipinski definition) is 2. The second-order valence-electron chi connectivity index (χ2n) is 5.81. The van der Waals surface area contributed by atoms with Crippen LogP contribution in [0.15, 0.2) is 12.1 Å². The summed E-state index contributed by atoms with van der Waals surface area (Å²) in [6.45, 7) is 3.77. The van der Waals surface area contributed by atoms with Gasteiger partial charge in [0.1, 0.15) is 5.82 Å². The van der Waals surface area contributed by atoms with Crippen LogP contribution in [0.3, 0.4) is 0 Å². The first-order valence-electron chi connectivity index (χ1n) is 7.30. The SMILES string of the molecule is COC[C@H](N)CCCc1cc(C(C)C)c(F)c(C(F)(F)F)c1. The van der Waals surface area contributed by atoms with Crippen LogP contribution in [-0.2, 0) is 17.3 Å². The van der Waals surface area contributed by atoms with Crippen LogP contribution >= 0.6 is 0 Å². The van der Waals surface area contributed by atoms with Crippen molar-refractivity contribution in [1.29, 1.82) is 0 Å². The minimum absolute atomic E-state index is 0.103. The second kappa shape index (κ2) is 7.92. The van der Waals surface area contributed by atoms with Gasteiger partial charge in [0.25, 0.3) is 0 Å². The van der Waals surface area contributed by atoms with Crippen molar-refractivity contribution in [3.63, 3.8) is 0 Å². The number of benzene rings is 1. The van der Waals surface area contributed by atoms with E-state index in [9.17, 15) is 17.6 Å². The Kier molecular flexibility index (Phi) is 6.81. The van der Waals surface area contributed by atoms with Crippen LogP contribution in [0.2, 0.25) is 0 Å². The van der Waals surface area contributed by atoms with Gasteiger partial charge in [0.05, 0.1) is 12.2 Å². The molecule has 22 heavy (non-hydrogen) atoms. The highest BCUT2D eigenvalue weighted by Gasteiger charge is 2.35. The molecule has 0 aliphatic heterocycles. The Morgan fingerprint density at radius 2 is 1.86 bits per heavy atom. The minimum Gasteiger partial charge on any atom is -0.383 e. The number of nitrogens with two attached hydrogens (primary N) is 1. The first-order chi connectivity index (χ1) is 10.2. The maximum atomic E-state index is 14.0. The lowest BCUT2D eigenvalue weighted by molar-refractivity contribution is -0.140. The van der Waals surface area contributed by atoms with Gasteiger partial charge in [-0.05, 0) is 42.4 Å². The molecule has 1 aromatic rings. The monoisotopic (exact) mass is 321 g/mol. The number of hydrogen-bond donors (Lipinski definition) is 1. The van der Waals surface area contributed by atoms with Crippen molar-refractivity contribution in [2.24, 2.45) is 5.73 Å². The van der Waals surface area contributed by atoms with Gasteiger partial charge in [0.2, 0.25) is 0 Å². The smallest absolute Gasteiger partial charge is 0.383 e. The van der Waals surface area contributed by atoms with Crippen molar-refractivity contribution in [2.75, 3.05) is 13.7 Å². The van der Waals surface area contributed by atoms with Gasteiger partial charge in [-0.25, -0.2) is 4.39 Å². The molecule has 1 atom stereocenters. The molecule has 126 valence electrons. The molecule has 0 amide bonds. The first kappa shape index (κ1) is 18.9. The molecule has 0 aliphatic carbocycles. The molecule has 0 fully saturated rings. The van der Waals surface area contributed by atoms with E-state index < -0.39 is 17.6 Å². The van der Waals surface area contributed by atoms with Crippen molar-refractivity contribution in [3.05, 3.63) is 34.6 Å². The van der Waals surface area contributed by atoms with Gasteiger partial charge in [-0.1, -0.05) is 19.9 Å². The third kappa shape index (κ3) is 5.25. The van der Waals surface area contributed by atoms with Crippen molar-refractivity contribution >= 4 is 0 Å². The summed E-state index contributed by atoms with van der Waals surface area (Å²) in [5.41, 5.74) is 5.19. The zero-order chi connectivity index (χ0) is 16.9. The largest absolute Gasteiger partial charge is 0.419 e. The lowest BCUT2D eigenvalue weighted by Crippen LogP contribution is -2.25. The molecular weight excluding hydrogens is 298 g/mol. The van der Waals surface area contributed by atoms with Crippen LogP contribution in [-0.4, -0.2) is 19.8 Å².